The van der Waals surface area contributed by atoms with Gasteiger partial charge in [0.05, 0.1) is 4.88 Å². The molecule has 1 fully saturated rings. The first-order valence-electron chi connectivity index (χ1n) is 10.4. The van der Waals surface area contributed by atoms with Gasteiger partial charge in [-0.05, 0) is 61.3 Å². The van der Waals surface area contributed by atoms with E-state index < -0.39 is 23.6 Å². The van der Waals surface area contributed by atoms with Crippen LogP contribution in [-0.4, -0.2) is 21.5 Å². The fourth-order valence-corrected chi connectivity index (χ4v) is 7.24. The summed E-state index contributed by atoms with van der Waals surface area (Å²) in [5, 5.41) is 12.8. The van der Waals surface area contributed by atoms with Gasteiger partial charge in [0.15, 0.2) is 5.15 Å². The Balaban J connectivity index is 1.30. The molecule has 0 radical (unpaired) electrons. The van der Waals surface area contributed by atoms with E-state index >= 15 is 0 Å². The van der Waals surface area contributed by atoms with Gasteiger partial charge in [-0.15, -0.1) is 22.7 Å². The summed E-state index contributed by atoms with van der Waals surface area (Å²) >= 11 is 16.4. The van der Waals surface area contributed by atoms with Crippen molar-refractivity contribution in [3.63, 3.8) is 0 Å². The van der Waals surface area contributed by atoms with E-state index in [0.717, 1.165) is 30.7 Å². The van der Waals surface area contributed by atoms with Gasteiger partial charge in [-0.3, -0.25) is 10.1 Å². The van der Waals surface area contributed by atoms with E-state index in [1.54, 1.807) is 25.1 Å². The summed E-state index contributed by atoms with van der Waals surface area (Å²) in [6, 6.07) is 11.1. The van der Waals surface area contributed by atoms with Crippen LogP contribution in [0.2, 0.25) is 10.2 Å². The molecule has 35 heavy (non-hydrogen) atoms. The zero-order chi connectivity index (χ0) is 24.7. The van der Waals surface area contributed by atoms with Crippen LogP contribution < -0.4 is 5.32 Å². The third-order valence-corrected chi connectivity index (χ3v) is 9.54. The number of amides is 1. The quantitative estimate of drug-likeness (QED) is 0.245. The van der Waals surface area contributed by atoms with Crippen LogP contribution in [0.5, 0.6) is 0 Å². The number of fused-ring (bicyclic) bond motifs is 1. The topological polar surface area (TPSA) is 88.5 Å². The third-order valence-electron chi connectivity index (χ3n) is 5.64. The molecule has 1 aliphatic carbocycles. The molecule has 1 atom stereocenters. The normalized spacial score (nSPS) is 14.7. The second-order valence-electron chi connectivity index (χ2n) is 7.96. The van der Waals surface area contributed by atoms with Crippen LogP contribution >= 0.6 is 57.4 Å². The fraction of sp³-hybridized carbons (Fsp3) is 0.208. The molecule has 5 rings (SSSR count). The van der Waals surface area contributed by atoms with Gasteiger partial charge in [0.1, 0.15) is 22.1 Å². The number of thiophene rings is 2. The second kappa shape index (κ2) is 9.45. The van der Waals surface area contributed by atoms with E-state index in [4.69, 9.17) is 27.9 Å². The molecular weight excluding hydrogens is 547 g/mol. The number of carboxylic acids is 1. The lowest BCUT2D eigenvalue weighted by Gasteiger charge is -2.15. The Kier molecular flexibility index (Phi) is 6.51. The first-order valence-corrected chi connectivity index (χ1v) is 13.6. The number of halogens is 2. The molecule has 3 aromatic heterocycles. The Morgan fingerprint density at radius 1 is 1.17 bits per heavy atom. The molecule has 1 saturated carbocycles. The van der Waals surface area contributed by atoms with E-state index in [1.807, 2.05) is 18.2 Å². The Morgan fingerprint density at radius 3 is 2.60 bits per heavy atom. The number of aromatic nitrogens is 1. The molecule has 6 nitrogen and oxygen atoms in total. The third kappa shape index (κ3) is 4.77. The highest BCUT2D eigenvalue weighted by molar-refractivity contribution is 7.28. The van der Waals surface area contributed by atoms with Crippen molar-refractivity contribution < 1.29 is 19.4 Å². The lowest BCUT2D eigenvalue weighted by molar-refractivity contribution is -0.139. The second-order valence-corrected chi connectivity index (χ2v) is 11.7. The molecular formula is C24H16Cl2N2O4S3. The monoisotopic (exact) mass is 562 g/mol. The lowest BCUT2D eigenvalue weighted by atomic mass is 10.1. The van der Waals surface area contributed by atoms with Crippen LogP contribution in [0.1, 0.15) is 46.1 Å². The zero-order valence-corrected chi connectivity index (χ0v) is 22.0. The number of anilines is 1. The number of carbonyl (C=O) groups excluding carboxylic acids is 1. The summed E-state index contributed by atoms with van der Waals surface area (Å²) in [6.07, 6.45) is 0.108. The van der Waals surface area contributed by atoms with E-state index in [0.29, 0.717) is 34.0 Å². The molecule has 3 heterocycles. The summed E-state index contributed by atoms with van der Waals surface area (Å²) in [7, 11) is 0. The van der Waals surface area contributed by atoms with E-state index in [1.165, 1.54) is 22.7 Å². The first-order chi connectivity index (χ1) is 16.8. The summed E-state index contributed by atoms with van der Waals surface area (Å²) in [5.74, 6) is 5.37. The van der Waals surface area contributed by atoms with Crippen molar-refractivity contribution >= 4 is 84.6 Å². The summed E-state index contributed by atoms with van der Waals surface area (Å²) < 4.78 is 11.6. The molecule has 1 aromatic carbocycles. The molecule has 1 amide bonds. The Bertz CT molecular complexity index is 1490. The predicted molar refractivity (Wildman–Crippen MR) is 141 cm³/mol. The molecule has 0 aliphatic heterocycles. The van der Waals surface area contributed by atoms with E-state index in [2.05, 4.69) is 21.5 Å². The van der Waals surface area contributed by atoms with Gasteiger partial charge in [-0.25, -0.2) is 4.79 Å². The predicted octanol–water partition coefficient (Wildman–Crippen LogP) is 7.55. The van der Waals surface area contributed by atoms with Crippen molar-refractivity contribution in [3.05, 3.63) is 66.8 Å². The van der Waals surface area contributed by atoms with Crippen LogP contribution in [0.4, 0.5) is 10.5 Å². The van der Waals surface area contributed by atoms with Crippen LogP contribution in [0.15, 0.2) is 36.4 Å². The number of nitrogens with zero attached hydrogens (tertiary/aromatic N) is 1. The minimum atomic E-state index is -0.756. The largest absolute Gasteiger partial charge is 0.481 e. The number of hydrogen-bond acceptors (Lipinski definition) is 7. The summed E-state index contributed by atoms with van der Waals surface area (Å²) in [4.78, 5) is 26.3. The maximum absolute atomic E-state index is 12.5. The zero-order valence-electron chi connectivity index (χ0n) is 18.1. The maximum atomic E-state index is 12.5. The molecule has 1 aliphatic rings. The van der Waals surface area contributed by atoms with Gasteiger partial charge in [0.2, 0.25) is 0 Å². The number of nitrogens with one attached hydrogen (secondary N) is 1. The minimum Gasteiger partial charge on any atom is -0.481 e. The molecule has 0 spiro atoms. The van der Waals surface area contributed by atoms with Gasteiger partial charge in [0.25, 0.3) is 0 Å². The van der Waals surface area contributed by atoms with Crippen LogP contribution in [0, 0.1) is 11.8 Å². The van der Waals surface area contributed by atoms with Crippen molar-refractivity contribution in [2.75, 3.05) is 5.32 Å². The van der Waals surface area contributed by atoms with Gasteiger partial charge < -0.3 is 9.84 Å². The summed E-state index contributed by atoms with van der Waals surface area (Å²) in [5.41, 5.74) is 0.279. The van der Waals surface area contributed by atoms with Crippen molar-refractivity contribution in [2.24, 2.45) is 0 Å². The number of hydrogen-bond donors (Lipinski definition) is 2. The minimum absolute atomic E-state index is 0.127. The number of ether oxygens (including phenoxy) is 1. The van der Waals surface area contributed by atoms with Gasteiger partial charge >= 0.3 is 12.1 Å². The standard InChI is InChI=1S/C24H16Cl2N2O4S3/c1-12(14-4-2-3-5-15(14)25)32-23(31)27-20-16(35-28-21(20)26)7-6-13-10-17-18(33-13)11-19(34-17)24(8-9-24)22(29)30/h2-5,10-12H,8-9H2,1H3,(H,27,31)(H,29,30). The van der Waals surface area contributed by atoms with Crippen LogP contribution in [0.25, 0.3) is 9.40 Å². The molecule has 178 valence electrons. The molecule has 0 saturated heterocycles. The number of benzene rings is 1. The molecule has 1 unspecified atom stereocenters. The molecule has 0 bridgehead atoms. The average molecular weight is 564 g/mol. The van der Waals surface area contributed by atoms with Gasteiger partial charge in [0, 0.05) is 24.9 Å². The number of aliphatic carboxylic acids is 1. The summed E-state index contributed by atoms with van der Waals surface area (Å²) in [6.45, 7) is 1.73. The smallest absolute Gasteiger partial charge is 0.412 e. The van der Waals surface area contributed by atoms with Crippen molar-refractivity contribution in [1.82, 2.24) is 4.37 Å². The van der Waals surface area contributed by atoms with E-state index in [-0.39, 0.29) is 5.15 Å². The SMILES string of the molecule is CC(OC(=O)Nc1c(Cl)nsc1C#Cc1cc2sc(C3(C(=O)O)CC3)cc2s1)c1ccccc1Cl. The highest BCUT2D eigenvalue weighted by Crippen LogP contribution is 2.52. The first kappa shape index (κ1) is 24.1. The fourth-order valence-electron chi connectivity index (χ4n) is 3.57. The molecule has 4 aromatic rings. The number of carboxylic acid groups (broad SMARTS) is 1. The number of carbonyl (C=O) groups is 2. The highest BCUT2D eigenvalue weighted by Gasteiger charge is 2.53. The van der Waals surface area contributed by atoms with Crippen molar-refractivity contribution in [2.45, 2.75) is 31.3 Å². The van der Waals surface area contributed by atoms with Crippen molar-refractivity contribution in [3.8, 4) is 11.8 Å². The number of rotatable bonds is 5. The Hall–Kier alpha value is -2.61. The average Bonchev–Trinajstić information content (AvgIpc) is 3.25. The Labute approximate surface area is 222 Å². The highest BCUT2D eigenvalue weighted by atomic mass is 35.5. The van der Waals surface area contributed by atoms with Crippen LogP contribution in [0.3, 0.4) is 0 Å². The molecule has 11 heteroatoms. The molecule has 2 N–H and O–H groups in total. The van der Waals surface area contributed by atoms with E-state index in [9.17, 15) is 14.7 Å². The lowest BCUT2D eigenvalue weighted by Crippen LogP contribution is -2.17. The van der Waals surface area contributed by atoms with Crippen molar-refractivity contribution in [1.29, 1.82) is 0 Å². The van der Waals surface area contributed by atoms with Gasteiger partial charge in [-0.2, -0.15) is 4.37 Å². The van der Waals surface area contributed by atoms with Crippen LogP contribution in [-0.2, 0) is 14.9 Å². The Morgan fingerprint density at radius 2 is 1.91 bits per heavy atom. The van der Waals surface area contributed by atoms with Gasteiger partial charge in [-0.1, -0.05) is 41.4 Å². The maximum Gasteiger partial charge on any atom is 0.412 e.